The van der Waals surface area contributed by atoms with Gasteiger partial charge in [0, 0.05) is 10.7 Å². The van der Waals surface area contributed by atoms with Gasteiger partial charge in [-0.1, -0.05) is 11.6 Å². The Morgan fingerprint density at radius 1 is 1.11 bits per heavy atom. The van der Waals surface area contributed by atoms with Gasteiger partial charge in [0.15, 0.2) is 5.69 Å². The number of benzene rings is 2. The number of thiazole rings is 1. The van der Waals surface area contributed by atoms with Gasteiger partial charge in [0.25, 0.3) is 5.91 Å². The minimum atomic E-state index is -4.69. The van der Waals surface area contributed by atoms with Crippen molar-refractivity contribution in [1.29, 1.82) is 0 Å². The zero-order chi connectivity index (χ0) is 20.5. The van der Waals surface area contributed by atoms with Crippen LogP contribution in [0.1, 0.15) is 25.9 Å². The molecule has 1 amide bonds. The molecule has 1 aromatic heterocycles. The summed E-state index contributed by atoms with van der Waals surface area (Å²) < 4.78 is 44.7. The van der Waals surface area contributed by atoms with Crippen LogP contribution in [-0.4, -0.2) is 10.9 Å². The molecule has 0 aliphatic rings. The summed E-state index contributed by atoms with van der Waals surface area (Å²) in [7, 11) is 0. The first kappa shape index (κ1) is 20.2. The van der Waals surface area contributed by atoms with Crippen LogP contribution in [0.2, 0.25) is 5.02 Å². The molecule has 28 heavy (non-hydrogen) atoms. The third-order valence-corrected chi connectivity index (χ3v) is 5.08. The highest BCUT2D eigenvalue weighted by molar-refractivity contribution is 7.13. The monoisotopic (exact) mass is 426 g/mol. The number of rotatable bonds is 4. The zero-order valence-corrected chi connectivity index (χ0v) is 16.3. The lowest BCUT2D eigenvalue weighted by molar-refractivity contribution is -0.141. The molecule has 0 fully saturated rings. The van der Waals surface area contributed by atoms with Gasteiger partial charge in [-0.2, -0.15) is 13.2 Å². The van der Waals surface area contributed by atoms with Gasteiger partial charge in [0.05, 0.1) is 5.01 Å². The summed E-state index contributed by atoms with van der Waals surface area (Å²) in [4.78, 5) is 15.2. The number of aryl methyl sites for hydroxylation is 2. The molecule has 2 aromatic carbocycles. The molecule has 0 radical (unpaired) electrons. The Morgan fingerprint density at radius 2 is 1.75 bits per heavy atom. The summed E-state index contributed by atoms with van der Waals surface area (Å²) in [6.07, 6.45) is -4.69. The molecule has 0 unspecified atom stereocenters. The third-order valence-electron chi connectivity index (χ3n) is 3.69. The molecule has 9 heteroatoms. The SMILES string of the molecule is Cc1nc(C(F)(F)F)c(C(=O)Nc2ccc(Oc3ccc(Cl)c(C)c3)cc2)s1. The van der Waals surface area contributed by atoms with Crippen molar-refractivity contribution in [2.75, 3.05) is 5.32 Å². The van der Waals surface area contributed by atoms with E-state index in [-0.39, 0.29) is 5.01 Å². The molecule has 3 rings (SSSR count). The van der Waals surface area contributed by atoms with Gasteiger partial charge < -0.3 is 10.1 Å². The molecule has 0 spiro atoms. The van der Waals surface area contributed by atoms with Crippen molar-refractivity contribution in [3.63, 3.8) is 0 Å². The van der Waals surface area contributed by atoms with Crippen LogP contribution in [-0.2, 0) is 6.18 Å². The summed E-state index contributed by atoms with van der Waals surface area (Å²) >= 11 is 6.67. The molecular formula is C19H14ClF3N2O2S. The van der Waals surface area contributed by atoms with Gasteiger partial charge in [-0.15, -0.1) is 11.3 Å². The molecule has 0 saturated heterocycles. The van der Waals surface area contributed by atoms with Gasteiger partial charge in [0.1, 0.15) is 16.4 Å². The highest BCUT2D eigenvalue weighted by Gasteiger charge is 2.39. The number of carbonyl (C=O) groups excluding carboxylic acids is 1. The van der Waals surface area contributed by atoms with E-state index >= 15 is 0 Å². The van der Waals surface area contributed by atoms with Gasteiger partial charge in [-0.05, 0) is 61.9 Å². The van der Waals surface area contributed by atoms with Crippen molar-refractivity contribution in [3.05, 3.63) is 68.6 Å². The first-order valence-electron chi connectivity index (χ1n) is 8.03. The molecule has 4 nitrogen and oxygen atoms in total. The first-order valence-corrected chi connectivity index (χ1v) is 9.23. The molecule has 1 heterocycles. The van der Waals surface area contributed by atoms with E-state index in [1.54, 1.807) is 30.3 Å². The van der Waals surface area contributed by atoms with E-state index in [0.717, 1.165) is 5.56 Å². The van der Waals surface area contributed by atoms with Crippen molar-refractivity contribution in [2.45, 2.75) is 20.0 Å². The fourth-order valence-corrected chi connectivity index (χ4v) is 3.34. The Morgan fingerprint density at radius 3 is 2.36 bits per heavy atom. The molecular weight excluding hydrogens is 413 g/mol. The Hall–Kier alpha value is -2.58. The quantitative estimate of drug-likeness (QED) is 0.519. The van der Waals surface area contributed by atoms with Crippen LogP contribution < -0.4 is 10.1 Å². The molecule has 146 valence electrons. The van der Waals surface area contributed by atoms with Crippen LogP contribution in [0.3, 0.4) is 0 Å². The first-order chi connectivity index (χ1) is 13.1. The Balaban J connectivity index is 1.72. The van der Waals surface area contributed by atoms with E-state index in [4.69, 9.17) is 16.3 Å². The number of anilines is 1. The highest BCUT2D eigenvalue weighted by atomic mass is 35.5. The summed E-state index contributed by atoms with van der Waals surface area (Å²) in [5.41, 5.74) is 0.0257. The summed E-state index contributed by atoms with van der Waals surface area (Å²) in [6, 6.07) is 11.5. The van der Waals surface area contributed by atoms with E-state index in [0.29, 0.717) is 33.5 Å². The number of halogens is 4. The predicted octanol–water partition coefficient (Wildman–Crippen LogP) is 6.48. The molecule has 1 N–H and O–H groups in total. The van der Waals surface area contributed by atoms with E-state index in [9.17, 15) is 18.0 Å². The Bertz CT molecular complexity index is 1020. The zero-order valence-electron chi connectivity index (χ0n) is 14.7. The second-order valence-electron chi connectivity index (χ2n) is 5.90. The largest absolute Gasteiger partial charge is 0.457 e. The highest BCUT2D eigenvalue weighted by Crippen LogP contribution is 2.34. The second-order valence-corrected chi connectivity index (χ2v) is 7.51. The maximum Gasteiger partial charge on any atom is 0.435 e. The van der Waals surface area contributed by atoms with Crippen LogP contribution in [0.4, 0.5) is 18.9 Å². The lowest BCUT2D eigenvalue weighted by atomic mass is 10.2. The molecule has 0 saturated carbocycles. The Kier molecular flexibility index (Phi) is 5.62. The molecule has 0 bridgehead atoms. The average Bonchev–Trinajstić information content (AvgIpc) is 3.02. The number of ether oxygens (including phenoxy) is 1. The van der Waals surface area contributed by atoms with Crippen molar-refractivity contribution in [1.82, 2.24) is 4.98 Å². The van der Waals surface area contributed by atoms with E-state index < -0.39 is 22.7 Å². The topological polar surface area (TPSA) is 51.2 Å². The number of hydrogen-bond donors (Lipinski definition) is 1. The van der Waals surface area contributed by atoms with Gasteiger partial charge in [-0.25, -0.2) is 4.98 Å². The lowest BCUT2D eigenvalue weighted by Crippen LogP contribution is -2.17. The molecule has 3 aromatic rings. The molecule has 0 aliphatic heterocycles. The number of amides is 1. The predicted molar refractivity (Wildman–Crippen MR) is 103 cm³/mol. The van der Waals surface area contributed by atoms with E-state index in [2.05, 4.69) is 10.3 Å². The van der Waals surface area contributed by atoms with Crippen LogP contribution in [0.25, 0.3) is 0 Å². The van der Waals surface area contributed by atoms with Crippen LogP contribution in [0, 0.1) is 13.8 Å². The number of hydrogen-bond acceptors (Lipinski definition) is 4. The van der Waals surface area contributed by atoms with Crippen LogP contribution >= 0.6 is 22.9 Å². The fourth-order valence-electron chi connectivity index (χ4n) is 2.38. The summed E-state index contributed by atoms with van der Waals surface area (Å²) in [6.45, 7) is 3.27. The number of alkyl halides is 3. The normalized spacial score (nSPS) is 11.4. The molecule has 0 atom stereocenters. The lowest BCUT2D eigenvalue weighted by Gasteiger charge is -2.10. The number of carbonyl (C=O) groups is 1. The van der Waals surface area contributed by atoms with Crippen molar-refractivity contribution in [3.8, 4) is 11.5 Å². The maximum atomic E-state index is 13.0. The van der Waals surface area contributed by atoms with E-state index in [1.165, 1.54) is 19.1 Å². The summed E-state index contributed by atoms with van der Waals surface area (Å²) in [5, 5.41) is 3.24. The minimum Gasteiger partial charge on any atom is -0.457 e. The average molecular weight is 427 g/mol. The standard InChI is InChI=1S/C19H14ClF3N2O2S/c1-10-9-14(7-8-15(10)20)27-13-5-3-12(4-6-13)25-18(26)16-17(19(21,22)23)24-11(2)28-16/h3-9H,1-2H3,(H,25,26). The Labute approximate surface area is 167 Å². The van der Waals surface area contributed by atoms with Crippen molar-refractivity contribution < 1.29 is 22.7 Å². The van der Waals surface area contributed by atoms with Gasteiger partial charge >= 0.3 is 6.18 Å². The number of nitrogens with one attached hydrogen (secondary N) is 1. The van der Waals surface area contributed by atoms with Crippen molar-refractivity contribution >= 4 is 34.5 Å². The minimum absolute atomic E-state index is 0.166. The van der Waals surface area contributed by atoms with Crippen LogP contribution in [0.5, 0.6) is 11.5 Å². The summed E-state index contributed by atoms with van der Waals surface area (Å²) in [5.74, 6) is 0.234. The fraction of sp³-hybridized carbons (Fsp3) is 0.158. The van der Waals surface area contributed by atoms with Crippen molar-refractivity contribution in [2.24, 2.45) is 0 Å². The third kappa shape index (κ3) is 4.63. The maximum absolute atomic E-state index is 13.0. The van der Waals surface area contributed by atoms with E-state index in [1.807, 2.05) is 6.92 Å². The molecule has 0 aliphatic carbocycles. The smallest absolute Gasteiger partial charge is 0.435 e. The van der Waals surface area contributed by atoms with Gasteiger partial charge in [0.2, 0.25) is 0 Å². The van der Waals surface area contributed by atoms with Crippen LogP contribution in [0.15, 0.2) is 42.5 Å². The number of nitrogens with zero attached hydrogens (tertiary/aromatic N) is 1. The number of aromatic nitrogens is 1. The second kappa shape index (κ2) is 7.81. The van der Waals surface area contributed by atoms with Gasteiger partial charge in [-0.3, -0.25) is 4.79 Å².